The van der Waals surface area contributed by atoms with Gasteiger partial charge < -0.3 is 4.74 Å². The number of nitrogens with zero attached hydrogens (tertiary/aromatic N) is 2. The lowest BCUT2D eigenvalue weighted by Crippen LogP contribution is -2.33. The third kappa shape index (κ3) is 4.15. The van der Waals surface area contributed by atoms with E-state index in [4.69, 9.17) is 4.74 Å². The molecule has 1 aromatic heterocycles. The minimum absolute atomic E-state index is 0.0349. The van der Waals surface area contributed by atoms with Crippen molar-refractivity contribution in [1.82, 2.24) is 4.31 Å². The van der Waals surface area contributed by atoms with Gasteiger partial charge in [-0.1, -0.05) is 6.07 Å². The number of nitro groups is 1. The number of benzene rings is 1. The Morgan fingerprint density at radius 3 is 2.67 bits per heavy atom. The zero-order chi connectivity index (χ0) is 17.7. The molecule has 0 radical (unpaired) electrons. The van der Waals surface area contributed by atoms with E-state index in [0.717, 1.165) is 21.3 Å². The van der Waals surface area contributed by atoms with E-state index in [9.17, 15) is 22.9 Å². The van der Waals surface area contributed by atoms with Crippen LogP contribution in [0.15, 0.2) is 40.6 Å². The first kappa shape index (κ1) is 18.5. The van der Waals surface area contributed by atoms with E-state index < -0.39 is 31.3 Å². The first-order valence-corrected chi connectivity index (χ1v) is 9.13. The number of hydrogen-bond donors (Lipinski definition) is 0. The predicted octanol–water partition coefficient (Wildman–Crippen LogP) is 2.63. The number of rotatable bonds is 8. The topological polar surface area (TPSA) is 89.8 Å². The number of sulfonamides is 1. The molecule has 10 heteroatoms. The molecule has 2 rings (SSSR count). The van der Waals surface area contributed by atoms with Crippen molar-refractivity contribution in [3.8, 4) is 0 Å². The Balaban J connectivity index is 2.37. The third-order valence-corrected chi connectivity index (χ3v) is 5.94. The van der Waals surface area contributed by atoms with Crippen molar-refractivity contribution in [2.75, 3.05) is 20.3 Å². The summed E-state index contributed by atoms with van der Waals surface area (Å²) >= 11 is 1.38. The summed E-state index contributed by atoms with van der Waals surface area (Å²) in [5, 5.41) is 12.5. The molecule has 0 N–H and O–H groups in total. The van der Waals surface area contributed by atoms with Gasteiger partial charge in [-0.05, 0) is 17.5 Å². The van der Waals surface area contributed by atoms with Gasteiger partial charge in [-0.25, -0.2) is 12.8 Å². The van der Waals surface area contributed by atoms with E-state index in [1.165, 1.54) is 18.4 Å². The van der Waals surface area contributed by atoms with Crippen LogP contribution in [0.2, 0.25) is 0 Å². The van der Waals surface area contributed by atoms with Gasteiger partial charge in [0, 0.05) is 31.1 Å². The Morgan fingerprint density at radius 2 is 2.12 bits per heavy atom. The van der Waals surface area contributed by atoms with Crippen molar-refractivity contribution in [1.29, 1.82) is 0 Å². The lowest BCUT2D eigenvalue weighted by Gasteiger charge is -2.21. The predicted molar refractivity (Wildman–Crippen MR) is 86.8 cm³/mol. The normalized spacial score (nSPS) is 11.8. The summed E-state index contributed by atoms with van der Waals surface area (Å²) in [6, 6.07) is 6.04. The summed E-state index contributed by atoms with van der Waals surface area (Å²) in [5.74, 6) is -1.15. The first-order chi connectivity index (χ1) is 11.4. The zero-order valence-corrected chi connectivity index (χ0v) is 14.3. The summed E-state index contributed by atoms with van der Waals surface area (Å²) in [4.78, 5) is 10.1. The Morgan fingerprint density at radius 1 is 1.38 bits per heavy atom. The molecule has 0 unspecified atom stereocenters. The van der Waals surface area contributed by atoms with Crippen molar-refractivity contribution < 1.29 is 22.5 Å². The molecule has 0 saturated carbocycles. The number of methoxy groups -OCH3 is 1. The van der Waals surface area contributed by atoms with Crippen LogP contribution in [0.4, 0.5) is 10.1 Å². The van der Waals surface area contributed by atoms with Crippen molar-refractivity contribution in [3.05, 3.63) is 56.5 Å². The van der Waals surface area contributed by atoms with Gasteiger partial charge in [-0.3, -0.25) is 10.1 Å². The maximum Gasteiger partial charge on any atom is 0.272 e. The average Bonchev–Trinajstić information content (AvgIpc) is 3.03. The molecule has 1 aromatic carbocycles. The monoisotopic (exact) mass is 374 g/mol. The summed E-state index contributed by atoms with van der Waals surface area (Å²) in [6.07, 6.45) is 0. The van der Waals surface area contributed by atoms with Crippen LogP contribution in [-0.4, -0.2) is 37.9 Å². The number of non-ortho nitro benzene ring substituents is 1. The minimum atomic E-state index is -4.16. The Hall–Kier alpha value is -1.88. The van der Waals surface area contributed by atoms with E-state index in [2.05, 4.69) is 0 Å². The molecular weight excluding hydrogens is 359 g/mol. The molecule has 0 fully saturated rings. The van der Waals surface area contributed by atoms with Gasteiger partial charge in [-0.15, -0.1) is 11.3 Å². The molecule has 24 heavy (non-hydrogen) atoms. The number of hydrogen-bond acceptors (Lipinski definition) is 6. The molecule has 0 aliphatic rings. The minimum Gasteiger partial charge on any atom is -0.383 e. The Labute approximate surface area is 142 Å². The van der Waals surface area contributed by atoms with Gasteiger partial charge in [0.25, 0.3) is 5.69 Å². The van der Waals surface area contributed by atoms with Crippen LogP contribution in [0.5, 0.6) is 0 Å². The van der Waals surface area contributed by atoms with Gasteiger partial charge in [0.2, 0.25) is 10.0 Å². The second kappa shape index (κ2) is 7.79. The molecule has 0 atom stereocenters. The van der Waals surface area contributed by atoms with E-state index in [0.29, 0.717) is 6.07 Å². The Bertz CT molecular complexity index is 809. The van der Waals surface area contributed by atoms with Crippen LogP contribution in [0.1, 0.15) is 4.88 Å². The van der Waals surface area contributed by atoms with E-state index in [1.54, 1.807) is 12.1 Å². The smallest absolute Gasteiger partial charge is 0.272 e. The van der Waals surface area contributed by atoms with E-state index in [1.807, 2.05) is 5.38 Å². The lowest BCUT2D eigenvalue weighted by atomic mass is 10.3. The molecule has 130 valence electrons. The maximum absolute atomic E-state index is 14.1. The highest BCUT2D eigenvalue weighted by atomic mass is 32.2. The quantitative estimate of drug-likeness (QED) is 0.523. The number of nitro benzene ring substituents is 1. The number of halogens is 1. The molecule has 0 aliphatic heterocycles. The third-order valence-electron chi connectivity index (χ3n) is 3.20. The van der Waals surface area contributed by atoms with Gasteiger partial charge in [-0.2, -0.15) is 4.31 Å². The van der Waals surface area contributed by atoms with Crippen molar-refractivity contribution in [2.45, 2.75) is 11.4 Å². The molecule has 0 saturated heterocycles. The van der Waals surface area contributed by atoms with Crippen molar-refractivity contribution in [3.63, 3.8) is 0 Å². The summed E-state index contributed by atoms with van der Waals surface area (Å²) in [7, 11) is -2.73. The van der Waals surface area contributed by atoms with Crippen LogP contribution < -0.4 is 0 Å². The van der Waals surface area contributed by atoms with Crippen LogP contribution in [-0.2, 0) is 21.3 Å². The molecule has 2 aromatic rings. The average molecular weight is 374 g/mol. The second-order valence-corrected chi connectivity index (χ2v) is 7.72. The summed E-state index contributed by atoms with van der Waals surface area (Å²) < 4.78 is 45.6. The highest BCUT2D eigenvalue weighted by molar-refractivity contribution is 7.89. The lowest BCUT2D eigenvalue weighted by molar-refractivity contribution is -0.385. The molecule has 0 spiro atoms. The molecular formula is C14H15FN2O5S2. The van der Waals surface area contributed by atoms with Crippen molar-refractivity contribution >= 4 is 27.0 Å². The highest BCUT2D eigenvalue weighted by Crippen LogP contribution is 2.25. The number of thiophene rings is 1. The number of ether oxygens (including phenoxy) is 1. The second-order valence-electron chi connectivity index (χ2n) is 4.78. The largest absolute Gasteiger partial charge is 0.383 e. The molecule has 0 bridgehead atoms. The molecule has 1 heterocycles. The van der Waals surface area contributed by atoms with Crippen LogP contribution in [0, 0.1) is 15.9 Å². The van der Waals surface area contributed by atoms with Crippen LogP contribution in [0.25, 0.3) is 0 Å². The van der Waals surface area contributed by atoms with Crippen LogP contribution >= 0.6 is 11.3 Å². The fourth-order valence-corrected chi connectivity index (χ4v) is 4.25. The molecule has 0 amide bonds. The first-order valence-electron chi connectivity index (χ1n) is 6.81. The summed E-state index contributed by atoms with van der Waals surface area (Å²) in [6.45, 7) is 0.242. The fourth-order valence-electron chi connectivity index (χ4n) is 2.01. The van der Waals surface area contributed by atoms with Crippen LogP contribution in [0.3, 0.4) is 0 Å². The fraction of sp³-hybridized carbons (Fsp3) is 0.286. The van der Waals surface area contributed by atoms with Gasteiger partial charge in [0.1, 0.15) is 10.7 Å². The SMILES string of the molecule is COCCN(Cc1cccs1)S(=O)(=O)c1ccc([N+](=O)[O-])cc1F. The standard InChI is InChI=1S/C14H15FN2O5S2/c1-22-7-6-16(10-12-3-2-8-23-12)24(20,21)14-5-4-11(17(18)19)9-13(14)15/h2-5,8-9H,6-7,10H2,1H3. The summed E-state index contributed by atoms with van der Waals surface area (Å²) in [5.41, 5.74) is -0.506. The van der Waals surface area contributed by atoms with E-state index in [-0.39, 0.29) is 19.7 Å². The van der Waals surface area contributed by atoms with Gasteiger partial charge in [0.05, 0.1) is 17.6 Å². The van der Waals surface area contributed by atoms with E-state index >= 15 is 0 Å². The zero-order valence-electron chi connectivity index (χ0n) is 12.7. The van der Waals surface area contributed by atoms with Gasteiger partial charge in [0.15, 0.2) is 0 Å². The van der Waals surface area contributed by atoms with Gasteiger partial charge >= 0.3 is 0 Å². The molecule has 7 nitrogen and oxygen atoms in total. The highest BCUT2D eigenvalue weighted by Gasteiger charge is 2.29. The molecule has 0 aliphatic carbocycles. The van der Waals surface area contributed by atoms with Crippen molar-refractivity contribution in [2.24, 2.45) is 0 Å². The Kier molecular flexibility index (Phi) is 5.99. The maximum atomic E-state index is 14.1.